The molecule has 5 nitrogen and oxygen atoms in total. The zero-order chi connectivity index (χ0) is 11.1. The van der Waals surface area contributed by atoms with Gasteiger partial charge in [-0.2, -0.15) is 0 Å². The molecule has 4 N–H and O–H groups in total. The van der Waals surface area contributed by atoms with Crippen LogP contribution in [-0.2, 0) is 6.54 Å². The highest BCUT2D eigenvalue weighted by molar-refractivity contribution is 7.80. The van der Waals surface area contributed by atoms with Crippen LogP contribution in [0.25, 0.3) is 0 Å². The Labute approximate surface area is 98.6 Å². The lowest BCUT2D eigenvalue weighted by Crippen LogP contribution is -2.49. The van der Waals surface area contributed by atoms with Crippen molar-refractivity contribution in [3.8, 4) is 0 Å². The summed E-state index contributed by atoms with van der Waals surface area (Å²) in [5.41, 5.74) is 5.42. The van der Waals surface area contributed by atoms with Crippen LogP contribution in [0.15, 0.2) is 22.8 Å². The highest BCUT2D eigenvalue weighted by Gasteiger charge is 1.98. The maximum atomic E-state index is 5.12. The molecule has 1 aromatic rings. The van der Waals surface area contributed by atoms with Gasteiger partial charge in [0.05, 0.1) is 12.8 Å². The number of furan rings is 1. The average molecular weight is 244 g/mol. The van der Waals surface area contributed by atoms with Crippen LogP contribution in [0.2, 0.25) is 0 Å². The van der Waals surface area contributed by atoms with E-state index in [1.54, 1.807) is 13.3 Å². The quantitative estimate of drug-likeness (QED) is 0.439. The molecule has 0 aliphatic heterocycles. The first kappa shape index (κ1) is 11.7. The van der Waals surface area contributed by atoms with Crippen molar-refractivity contribution in [3.05, 3.63) is 24.2 Å². The third-order valence-corrected chi connectivity index (χ3v) is 2.07. The number of hydrazine groups is 1. The van der Waals surface area contributed by atoms with Crippen LogP contribution in [0, 0.1) is 0 Å². The molecular formula is C8H12N4OS2. The third-order valence-electron chi connectivity index (χ3n) is 1.52. The van der Waals surface area contributed by atoms with E-state index in [0.29, 0.717) is 16.8 Å². The summed E-state index contributed by atoms with van der Waals surface area (Å²) in [4.78, 5) is 0. The van der Waals surface area contributed by atoms with E-state index in [2.05, 4.69) is 21.5 Å². The maximum Gasteiger partial charge on any atom is 0.185 e. The molecule has 0 radical (unpaired) electrons. The minimum Gasteiger partial charge on any atom is -0.467 e. The van der Waals surface area contributed by atoms with Gasteiger partial charge in [-0.25, -0.2) is 0 Å². The molecule has 0 bridgehead atoms. The summed E-state index contributed by atoms with van der Waals surface area (Å²) >= 11 is 9.83. The largest absolute Gasteiger partial charge is 0.467 e. The highest BCUT2D eigenvalue weighted by Crippen LogP contribution is 1.97. The summed E-state index contributed by atoms with van der Waals surface area (Å²) in [6, 6.07) is 3.68. The SMILES string of the molecule is CNC(=S)NNC(=S)NCc1ccco1. The minimum atomic E-state index is 0.448. The van der Waals surface area contributed by atoms with Crippen LogP contribution in [0.5, 0.6) is 0 Å². The highest BCUT2D eigenvalue weighted by atomic mass is 32.1. The summed E-state index contributed by atoms with van der Waals surface area (Å²) in [5.74, 6) is 0.815. The first-order chi connectivity index (χ1) is 7.22. The second-order valence-electron chi connectivity index (χ2n) is 2.59. The summed E-state index contributed by atoms with van der Waals surface area (Å²) in [7, 11) is 1.72. The standard InChI is InChI=1S/C8H12N4OS2/c1-9-7(14)11-12-8(15)10-5-6-3-2-4-13-6/h2-4H,5H2,1H3,(H2,9,11,14)(H2,10,12,15). The Balaban J connectivity index is 2.16. The Morgan fingerprint density at radius 3 is 2.67 bits per heavy atom. The number of rotatable bonds is 2. The summed E-state index contributed by atoms with van der Waals surface area (Å²) < 4.78 is 5.12. The molecule has 1 rings (SSSR count). The van der Waals surface area contributed by atoms with Crippen molar-refractivity contribution in [1.29, 1.82) is 0 Å². The second kappa shape index (κ2) is 6.20. The monoisotopic (exact) mass is 244 g/mol. The molecule has 15 heavy (non-hydrogen) atoms. The molecule has 0 spiro atoms. The molecule has 0 saturated carbocycles. The lowest BCUT2D eigenvalue weighted by Gasteiger charge is -2.11. The average Bonchev–Trinajstić information content (AvgIpc) is 2.75. The van der Waals surface area contributed by atoms with Gasteiger partial charge in [-0.1, -0.05) is 0 Å². The van der Waals surface area contributed by atoms with E-state index in [0.717, 1.165) is 5.76 Å². The normalized spacial score (nSPS) is 9.13. The predicted octanol–water partition coefficient (Wildman–Crippen LogP) is 0.253. The number of hydrogen-bond donors (Lipinski definition) is 4. The summed E-state index contributed by atoms with van der Waals surface area (Å²) in [6.07, 6.45) is 1.61. The molecule has 1 aromatic heterocycles. The molecule has 82 valence electrons. The van der Waals surface area contributed by atoms with Gasteiger partial charge >= 0.3 is 0 Å². The van der Waals surface area contributed by atoms with Crippen LogP contribution in [0.1, 0.15) is 5.76 Å². The van der Waals surface area contributed by atoms with Crippen molar-refractivity contribution in [2.75, 3.05) is 7.05 Å². The van der Waals surface area contributed by atoms with Gasteiger partial charge in [0.2, 0.25) is 0 Å². The van der Waals surface area contributed by atoms with Crippen molar-refractivity contribution < 1.29 is 4.42 Å². The van der Waals surface area contributed by atoms with Gasteiger partial charge in [0, 0.05) is 7.05 Å². The fraction of sp³-hybridized carbons (Fsp3) is 0.250. The first-order valence-corrected chi connectivity index (χ1v) is 5.08. The van der Waals surface area contributed by atoms with Crippen LogP contribution in [0.4, 0.5) is 0 Å². The summed E-state index contributed by atoms with van der Waals surface area (Å²) in [5, 5.41) is 6.60. The fourth-order valence-electron chi connectivity index (χ4n) is 0.801. The number of hydrogen-bond acceptors (Lipinski definition) is 3. The Hall–Kier alpha value is -1.34. The smallest absolute Gasteiger partial charge is 0.185 e. The van der Waals surface area contributed by atoms with Crippen LogP contribution < -0.4 is 21.5 Å². The molecule has 0 aliphatic carbocycles. The van der Waals surface area contributed by atoms with E-state index in [1.807, 2.05) is 12.1 Å². The molecule has 0 saturated heterocycles. The molecular weight excluding hydrogens is 232 g/mol. The van der Waals surface area contributed by atoms with Crippen molar-refractivity contribution in [1.82, 2.24) is 21.5 Å². The molecule has 7 heteroatoms. The van der Waals surface area contributed by atoms with Crippen molar-refractivity contribution in [2.45, 2.75) is 6.54 Å². The zero-order valence-electron chi connectivity index (χ0n) is 8.16. The predicted molar refractivity (Wildman–Crippen MR) is 66.1 cm³/mol. The number of nitrogens with one attached hydrogen (secondary N) is 4. The van der Waals surface area contributed by atoms with Gasteiger partial charge in [0.15, 0.2) is 10.2 Å². The summed E-state index contributed by atoms with van der Waals surface area (Å²) in [6.45, 7) is 0.535. The Bertz CT molecular complexity index is 325. The lowest BCUT2D eigenvalue weighted by atomic mass is 10.4. The number of thiocarbonyl (C=S) groups is 2. The van der Waals surface area contributed by atoms with Crippen LogP contribution in [-0.4, -0.2) is 17.3 Å². The molecule has 0 unspecified atom stereocenters. The van der Waals surface area contributed by atoms with Crippen molar-refractivity contribution in [2.24, 2.45) is 0 Å². The molecule has 1 heterocycles. The van der Waals surface area contributed by atoms with Gasteiger partial charge in [-0.05, 0) is 36.6 Å². The van der Waals surface area contributed by atoms with Gasteiger partial charge in [-0.3, -0.25) is 10.9 Å². The second-order valence-corrected chi connectivity index (χ2v) is 3.41. The molecule has 0 aliphatic rings. The molecule has 0 aromatic carbocycles. The van der Waals surface area contributed by atoms with Crippen LogP contribution in [0.3, 0.4) is 0 Å². The van der Waals surface area contributed by atoms with Gasteiger partial charge in [0.1, 0.15) is 5.76 Å². The van der Waals surface area contributed by atoms with Gasteiger partial charge in [-0.15, -0.1) is 0 Å². The van der Waals surface area contributed by atoms with E-state index in [-0.39, 0.29) is 0 Å². The first-order valence-electron chi connectivity index (χ1n) is 4.26. The van der Waals surface area contributed by atoms with E-state index in [1.165, 1.54) is 0 Å². The maximum absolute atomic E-state index is 5.12. The minimum absolute atomic E-state index is 0.448. The molecule has 0 fully saturated rings. The van der Waals surface area contributed by atoms with Crippen molar-refractivity contribution in [3.63, 3.8) is 0 Å². The Kier molecular flexibility index (Phi) is 4.85. The Morgan fingerprint density at radius 1 is 1.33 bits per heavy atom. The van der Waals surface area contributed by atoms with E-state index in [9.17, 15) is 0 Å². The molecule has 0 atom stereocenters. The fourth-order valence-corrected chi connectivity index (χ4v) is 0.975. The molecule has 0 amide bonds. The van der Waals surface area contributed by atoms with Crippen LogP contribution >= 0.6 is 24.4 Å². The topological polar surface area (TPSA) is 61.3 Å². The van der Waals surface area contributed by atoms with Gasteiger partial charge < -0.3 is 15.1 Å². The van der Waals surface area contributed by atoms with Crippen molar-refractivity contribution >= 4 is 34.7 Å². The third kappa shape index (κ3) is 4.61. The van der Waals surface area contributed by atoms with E-state index < -0.39 is 0 Å². The van der Waals surface area contributed by atoms with E-state index in [4.69, 9.17) is 28.9 Å². The van der Waals surface area contributed by atoms with Gasteiger partial charge in [0.25, 0.3) is 0 Å². The lowest BCUT2D eigenvalue weighted by molar-refractivity contribution is 0.502. The van der Waals surface area contributed by atoms with E-state index >= 15 is 0 Å². The Morgan fingerprint density at radius 2 is 2.07 bits per heavy atom. The zero-order valence-corrected chi connectivity index (χ0v) is 9.80.